The molecule has 0 aliphatic carbocycles. The third-order valence-electron chi connectivity index (χ3n) is 4.71. The number of ether oxygens (including phenoxy) is 1. The molecule has 0 spiro atoms. The molecule has 4 nitrogen and oxygen atoms in total. The third-order valence-corrected chi connectivity index (χ3v) is 6.46. The Kier molecular flexibility index (Phi) is 3.77. The van der Waals surface area contributed by atoms with Crippen molar-refractivity contribution in [2.24, 2.45) is 0 Å². The summed E-state index contributed by atoms with van der Waals surface area (Å²) in [5, 5.41) is 3.31. The minimum absolute atomic E-state index is 0.185. The number of nitrogens with one attached hydrogen (secondary N) is 1. The molecule has 0 radical (unpaired) electrons. The Labute approximate surface area is 142 Å². The van der Waals surface area contributed by atoms with E-state index in [0.717, 1.165) is 18.5 Å². The number of sulfone groups is 1. The van der Waals surface area contributed by atoms with Gasteiger partial charge < -0.3 is 10.1 Å². The first-order chi connectivity index (χ1) is 11.9. The van der Waals surface area contributed by atoms with Crippen LogP contribution < -0.4 is 10.1 Å². The van der Waals surface area contributed by atoms with Gasteiger partial charge in [-0.25, -0.2) is 21.6 Å². The second-order valence-corrected chi connectivity index (χ2v) is 8.09. The predicted molar refractivity (Wildman–Crippen MR) is 82.9 cm³/mol. The summed E-state index contributed by atoms with van der Waals surface area (Å²) >= 11 is 0. The van der Waals surface area contributed by atoms with Crippen molar-refractivity contribution >= 4 is 9.84 Å². The normalized spacial score (nSPS) is 22.2. The maximum absolute atomic E-state index is 13.9. The van der Waals surface area contributed by atoms with Gasteiger partial charge in [-0.2, -0.15) is 0 Å². The highest BCUT2D eigenvalue weighted by Gasteiger charge is 2.35. The van der Waals surface area contributed by atoms with Gasteiger partial charge in [-0.3, -0.25) is 0 Å². The lowest BCUT2D eigenvalue weighted by Crippen LogP contribution is -2.35. The van der Waals surface area contributed by atoms with Gasteiger partial charge in [0, 0.05) is 18.0 Å². The molecule has 1 saturated heterocycles. The monoisotopic (exact) mass is 369 g/mol. The van der Waals surface area contributed by atoms with Crippen molar-refractivity contribution in [3.05, 3.63) is 53.3 Å². The first-order valence-electron chi connectivity index (χ1n) is 7.77. The first kappa shape index (κ1) is 16.4. The van der Waals surface area contributed by atoms with E-state index >= 15 is 0 Å². The van der Waals surface area contributed by atoms with Crippen LogP contribution in [0.15, 0.2) is 40.1 Å². The largest absolute Gasteiger partial charge is 0.492 e. The van der Waals surface area contributed by atoms with Crippen LogP contribution in [0.5, 0.6) is 5.75 Å². The SMILES string of the molecule is O=S(=O)(c1ccc2c(c1)OCC1NCCC21)c1cc(F)cc(F)c1F. The van der Waals surface area contributed by atoms with E-state index in [1.54, 1.807) is 6.07 Å². The average Bonchev–Trinajstić information content (AvgIpc) is 3.06. The molecule has 4 rings (SSSR count). The molecule has 2 aliphatic rings. The van der Waals surface area contributed by atoms with Gasteiger partial charge in [-0.1, -0.05) is 6.07 Å². The molecule has 0 amide bonds. The predicted octanol–water partition coefficient (Wildman–Crippen LogP) is 2.77. The zero-order valence-corrected chi connectivity index (χ0v) is 13.7. The van der Waals surface area contributed by atoms with E-state index < -0.39 is 32.2 Å². The van der Waals surface area contributed by atoms with Crippen molar-refractivity contribution in [2.75, 3.05) is 13.2 Å². The number of hydrogen-bond donors (Lipinski definition) is 1. The molecule has 2 unspecified atom stereocenters. The van der Waals surface area contributed by atoms with E-state index in [1.807, 2.05) is 0 Å². The van der Waals surface area contributed by atoms with Crippen molar-refractivity contribution in [3.8, 4) is 5.75 Å². The number of benzene rings is 2. The quantitative estimate of drug-likeness (QED) is 0.827. The molecule has 1 N–H and O–H groups in total. The van der Waals surface area contributed by atoms with E-state index in [0.29, 0.717) is 24.5 Å². The van der Waals surface area contributed by atoms with Gasteiger partial charge in [-0.15, -0.1) is 0 Å². The first-order valence-corrected chi connectivity index (χ1v) is 9.26. The summed E-state index contributed by atoms with van der Waals surface area (Å²) in [5.41, 5.74) is 0.881. The highest BCUT2D eigenvalue weighted by molar-refractivity contribution is 7.91. The topological polar surface area (TPSA) is 55.4 Å². The van der Waals surface area contributed by atoms with Crippen LogP contribution in [0.1, 0.15) is 17.9 Å². The van der Waals surface area contributed by atoms with Crippen LogP contribution in [0.25, 0.3) is 0 Å². The fourth-order valence-electron chi connectivity index (χ4n) is 3.46. The third kappa shape index (κ3) is 2.60. The number of rotatable bonds is 2. The Hall–Kier alpha value is -2.06. The highest BCUT2D eigenvalue weighted by Crippen LogP contribution is 2.40. The second kappa shape index (κ2) is 5.74. The van der Waals surface area contributed by atoms with Crippen LogP contribution in [0.4, 0.5) is 13.2 Å². The summed E-state index contributed by atoms with van der Waals surface area (Å²) in [6.45, 7) is 1.26. The Balaban J connectivity index is 1.80. The Morgan fingerprint density at radius 3 is 2.72 bits per heavy atom. The van der Waals surface area contributed by atoms with Gasteiger partial charge in [-0.05, 0) is 36.7 Å². The van der Waals surface area contributed by atoms with Gasteiger partial charge in [0.05, 0.1) is 4.90 Å². The van der Waals surface area contributed by atoms with Gasteiger partial charge in [0.2, 0.25) is 9.84 Å². The molecule has 2 atom stereocenters. The van der Waals surface area contributed by atoms with E-state index in [2.05, 4.69) is 5.32 Å². The maximum Gasteiger partial charge on any atom is 0.209 e. The molecule has 0 saturated carbocycles. The van der Waals surface area contributed by atoms with E-state index in [4.69, 9.17) is 4.74 Å². The molecule has 25 heavy (non-hydrogen) atoms. The van der Waals surface area contributed by atoms with Crippen LogP contribution in [0.2, 0.25) is 0 Å². The Morgan fingerprint density at radius 1 is 1.12 bits per heavy atom. The van der Waals surface area contributed by atoms with Crippen LogP contribution in [-0.4, -0.2) is 27.6 Å². The molecule has 2 heterocycles. The van der Waals surface area contributed by atoms with Crippen LogP contribution in [-0.2, 0) is 9.84 Å². The lowest BCUT2D eigenvalue weighted by molar-refractivity contribution is 0.238. The van der Waals surface area contributed by atoms with Crippen molar-refractivity contribution in [2.45, 2.75) is 28.2 Å². The second-order valence-electron chi connectivity index (χ2n) is 6.17. The molecule has 0 bridgehead atoms. The zero-order valence-electron chi connectivity index (χ0n) is 12.9. The van der Waals surface area contributed by atoms with E-state index in [9.17, 15) is 21.6 Å². The molecule has 1 fully saturated rings. The minimum Gasteiger partial charge on any atom is -0.492 e. The van der Waals surface area contributed by atoms with Crippen LogP contribution in [0.3, 0.4) is 0 Å². The van der Waals surface area contributed by atoms with Gasteiger partial charge in [0.15, 0.2) is 11.6 Å². The fourth-order valence-corrected chi connectivity index (χ4v) is 4.83. The Bertz CT molecular complexity index is 962. The molecule has 132 valence electrons. The number of hydrogen-bond acceptors (Lipinski definition) is 4. The molecule has 2 aromatic rings. The van der Waals surface area contributed by atoms with Crippen molar-refractivity contribution in [3.63, 3.8) is 0 Å². The van der Waals surface area contributed by atoms with Crippen molar-refractivity contribution in [1.29, 1.82) is 0 Å². The molecule has 0 aromatic heterocycles. The lowest BCUT2D eigenvalue weighted by Gasteiger charge is -2.28. The summed E-state index contributed by atoms with van der Waals surface area (Å²) in [6, 6.07) is 5.20. The molecular formula is C17H14F3NO3S. The van der Waals surface area contributed by atoms with Gasteiger partial charge in [0.1, 0.15) is 23.1 Å². The summed E-state index contributed by atoms with van der Waals surface area (Å²) in [6.07, 6.45) is 0.914. The van der Waals surface area contributed by atoms with Gasteiger partial charge in [0.25, 0.3) is 0 Å². The number of halogens is 3. The maximum atomic E-state index is 13.9. The summed E-state index contributed by atoms with van der Waals surface area (Å²) in [7, 11) is -4.42. The summed E-state index contributed by atoms with van der Waals surface area (Å²) in [5.74, 6) is -3.67. The number of fused-ring (bicyclic) bond motifs is 3. The Morgan fingerprint density at radius 2 is 1.92 bits per heavy atom. The van der Waals surface area contributed by atoms with Gasteiger partial charge >= 0.3 is 0 Å². The standard InChI is InChI=1S/C17H14F3NO3S/c18-9-5-13(19)17(20)16(6-9)25(22,23)10-1-2-12-11-3-4-21-14(11)8-24-15(12)7-10/h1-2,5-7,11,14,21H,3-4,8H2. The zero-order chi connectivity index (χ0) is 17.8. The van der Waals surface area contributed by atoms with E-state index in [-0.39, 0.29) is 16.9 Å². The molecular weight excluding hydrogens is 355 g/mol. The molecule has 2 aromatic carbocycles. The molecule has 2 aliphatic heterocycles. The smallest absolute Gasteiger partial charge is 0.209 e. The van der Waals surface area contributed by atoms with Crippen LogP contribution in [0, 0.1) is 17.5 Å². The van der Waals surface area contributed by atoms with Crippen molar-refractivity contribution in [1.82, 2.24) is 5.32 Å². The van der Waals surface area contributed by atoms with Crippen molar-refractivity contribution < 1.29 is 26.3 Å². The highest BCUT2D eigenvalue weighted by atomic mass is 32.2. The van der Waals surface area contributed by atoms with E-state index in [1.165, 1.54) is 12.1 Å². The average molecular weight is 369 g/mol. The fraction of sp³-hybridized carbons (Fsp3) is 0.294. The lowest BCUT2D eigenvalue weighted by atomic mass is 9.90. The van der Waals surface area contributed by atoms with Crippen LogP contribution >= 0.6 is 0 Å². The summed E-state index contributed by atoms with van der Waals surface area (Å²) < 4.78 is 71.6. The summed E-state index contributed by atoms with van der Waals surface area (Å²) in [4.78, 5) is -1.29. The minimum atomic E-state index is -4.42. The molecule has 8 heteroatoms.